The van der Waals surface area contributed by atoms with Gasteiger partial charge in [0.05, 0.1) is 10.3 Å². The quantitative estimate of drug-likeness (QED) is 0.258. The van der Waals surface area contributed by atoms with E-state index in [1.807, 2.05) is 13.8 Å². The first kappa shape index (κ1) is 14.2. The monoisotopic (exact) mass is 273 g/mol. The molecule has 17 heavy (non-hydrogen) atoms. The molecular formula is C11H16ClN3OS. The van der Waals surface area contributed by atoms with Crippen molar-refractivity contribution in [3.8, 4) is 0 Å². The number of halogens is 1. The van der Waals surface area contributed by atoms with Crippen molar-refractivity contribution >= 4 is 35.0 Å². The van der Waals surface area contributed by atoms with E-state index in [0.29, 0.717) is 10.7 Å². The molecule has 1 amide bonds. The van der Waals surface area contributed by atoms with E-state index in [1.54, 1.807) is 18.2 Å². The number of benzene rings is 1. The third-order valence-corrected chi connectivity index (χ3v) is 4.26. The molecule has 0 heterocycles. The first-order valence-electron chi connectivity index (χ1n) is 5.18. The van der Waals surface area contributed by atoms with Gasteiger partial charge in [-0.2, -0.15) is 0 Å². The average Bonchev–Trinajstić information content (AvgIpc) is 2.28. The van der Waals surface area contributed by atoms with E-state index in [4.69, 9.17) is 23.2 Å². The van der Waals surface area contributed by atoms with Gasteiger partial charge in [-0.1, -0.05) is 25.4 Å². The van der Waals surface area contributed by atoms with Crippen LogP contribution in [-0.4, -0.2) is 11.2 Å². The Kier molecular flexibility index (Phi) is 5.11. The van der Waals surface area contributed by atoms with Gasteiger partial charge in [-0.15, -0.1) is 11.8 Å². The summed E-state index contributed by atoms with van der Waals surface area (Å²) in [5.74, 6) is 5.08. The molecule has 6 heteroatoms. The predicted molar refractivity (Wildman–Crippen MR) is 72.7 cm³/mol. The standard InChI is InChI=1S/C11H16ClN3OS/c1-6(2)10(11(16)15-14)17-9-5-7(13)3-4-8(9)12/h3-6,10H,13-14H2,1-2H3,(H,15,16). The van der Waals surface area contributed by atoms with Gasteiger partial charge in [0.15, 0.2) is 0 Å². The Morgan fingerprint density at radius 2 is 2.12 bits per heavy atom. The van der Waals surface area contributed by atoms with Gasteiger partial charge in [-0.25, -0.2) is 5.84 Å². The maximum Gasteiger partial charge on any atom is 0.247 e. The molecule has 1 atom stereocenters. The van der Waals surface area contributed by atoms with Gasteiger partial charge in [-0.3, -0.25) is 10.2 Å². The number of hydrogen-bond donors (Lipinski definition) is 3. The molecule has 0 aliphatic rings. The summed E-state index contributed by atoms with van der Waals surface area (Å²) in [5, 5.41) is 0.291. The molecule has 0 saturated heterocycles. The van der Waals surface area contributed by atoms with E-state index in [0.717, 1.165) is 4.90 Å². The van der Waals surface area contributed by atoms with E-state index in [9.17, 15) is 4.79 Å². The molecule has 0 aliphatic heterocycles. The molecule has 0 aromatic heterocycles. The van der Waals surface area contributed by atoms with Crippen LogP contribution in [0.2, 0.25) is 5.02 Å². The van der Waals surface area contributed by atoms with Crippen LogP contribution in [0.5, 0.6) is 0 Å². The molecule has 5 N–H and O–H groups in total. The van der Waals surface area contributed by atoms with Crippen LogP contribution in [0.15, 0.2) is 23.1 Å². The Balaban J connectivity index is 2.93. The lowest BCUT2D eigenvalue weighted by Crippen LogP contribution is -2.39. The second-order valence-corrected chi connectivity index (χ2v) is 5.57. The van der Waals surface area contributed by atoms with E-state index >= 15 is 0 Å². The fourth-order valence-corrected chi connectivity index (χ4v) is 2.68. The Morgan fingerprint density at radius 3 is 2.65 bits per heavy atom. The highest BCUT2D eigenvalue weighted by molar-refractivity contribution is 8.00. The molecule has 1 unspecified atom stereocenters. The van der Waals surface area contributed by atoms with Crippen molar-refractivity contribution in [2.45, 2.75) is 24.0 Å². The summed E-state index contributed by atoms with van der Waals surface area (Å²) in [4.78, 5) is 12.4. The number of amides is 1. The highest BCUT2D eigenvalue weighted by Gasteiger charge is 2.23. The zero-order valence-corrected chi connectivity index (χ0v) is 11.3. The van der Waals surface area contributed by atoms with E-state index in [2.05, 4.69) is 5.43 Å². The second-order valence-electron chi connectivity index (χ2n) is 3.98. The first-order valence-corrected chi connectivity index (χ1v) is 6.43. The summed E-state index contributed by atoms with van der Waals surface area (Å²) in [6.45, 7) is 3.90. The zero-order valence-electron chi connectivity index (χ0n) is 9.74. The number of nitrogens with two attached hydrogens (primary N) is 2. The maximum absolute atomic E-state index is 11.6. The van der Waals surface area contributed by atoms with Crippen LogP contribution in [0.1, 0.15) is 13.8 Å². The van der Waals surface area contributed by atoms with Crippen molar-refractivity contribution < 1.29 is 4.79 Å². The Hall–Kier alpha value is -0.910. The molecule has 1 aromatic rings. The molecule has 4 nitrogen and oxygen atoms in total. The molecule has 0 bridgehead atoms. The lowest BCUT2D eigenvalue weighted by molar-refractivity contribution is -0.121. The summed E-state index contributed by atoms with van der Waals surface area (Å²) >= 11 is 7.42. The van der Waals surface area contributed by atoms with Crippen LogP contribution in [0.25, 0.3) is 0 Å². The molecule has 1 aromatic carbocycles. The van der Waals surface area contributed by atoms with Gasteiger partial charge in [0.25, 0.3) is 0 Å². The van der Waals surface area contributed by atoms with Gasteiger partial charge >= 0.3 is 0 Å². The number of hydrazine groups is 1. The number of thioether (sulfide) groups is 1. The van der Waals surface area contributed by atoms with Crippen molar-refractivity contribution in [2.24, 2.45) is 11.8 Å². The molecule has 94 valence electrons. The molecule has 0 saturated carbocycles. The molecule has 0 radical (unpaired) electrons. The Morgan fingerprint density at radius 1 is 1.47 bits per heavy atom. The normalized spacial score (nSPS) is 12.5. The van der Waals surface area contributed by atoms with Crippen LogP contribution in [-0.2, 0) is 4.79 Å². The zero-order chi connectivity index (χ0) is 13.0. The average molecular weight is 274 g/mol. The van der Waals surface area contributed by atoms with Crippen LogP contribution in [0, 0.1) is 5.92 Å². The summed E-state index contributed by atoms with van der Waals surface area (Å²) in [5.41, 5.74) is 8.48. The fraction of sp³-hybridized carbons (Fsp3) is 0.364. The molecule has 0 fully saturated rings. The summed E-state index contributed by atoms with van der Waals surface area (Å²) in [7, 11) is 0. The Bertz CT molecular complexity index is 412. The smallest absolute Gasteiger partial charge is 0.247 e. The van der Waals surface area contributed by atoms with Gasteiger partial charge in [0, 0.05) is 10.6 Å². The number of nitrogen functional groups attached to an aromatic ring is 1. The highest BCUT2D eigenvalue weighted by Crippen LogP contribution is 2.34. The SMILES string of the molecule is CC(C)C(Sc1cc(N)ccc1Cl)C(=O)NN. The lowest BCUT2D eigenvalue weighted by Gasteiger charge is -2.19. The van der Waals surface area contributed by atoms with Crippen LogP contribution < -0.4 is 17.0 Å². The van der Waals surface area contributed by atoms with Gasteiger partial charge in [0.2, 0.25) is 5.91 Å². The van der Waals surface area contributed by atoms with Gasteiger partial charge in [0.1, 0.15) is 0 Å². The van der Waals surface area contributed by atoms with Crippen molar-refractivity contribution in [1.82, 2.24) is 5.43 Å². The number of carbonyl (C=O) groups excluding carboxylic acids is 1. The molecular weight excluding hydrogens is 258 g/mol. The van der Waals surface area contributed by atoms with Crippen molar-refractivity contribution in [1.29, 1.82) is 0 Å². The number of carbonyl (C=O) groups is 1. The second kappa shape index (κ2) is 6.14. The minimum absolute atomic E-state index is 0.140. The highest BCUT2D eigenvalue weighted by atomic mass is 35.5. The van der Waals surface area contributed by atoms with Crippen molar-refractivity contribution in [3.63, 3.8) is 0 Å². The Labute approximate surface area is 110 Å². The van der Waals surface area contributed by atoms with Crippen LogP contribution >= 0.6 is 23.4 Å². The van der Waals surface area contributed by atoms with Crippen molar-refractivity contribution in [2.75, 3.05) is 5.73 Å². The number of hydrogen-bond acceptors (Lipinski definition) is 4. The summed E-state index contributed by atoms with van der Waals surface area (Å²) in [6.07, 6.45) is 0. The third-order valence-electron chi connectivity index (χ3n) is 2.22. The summed E-state index contributed by atoms with van der Waals surface area (Å²) in [6, 6.07) is 5.20. The minimum Gasteiger partial charge on any atom is -0.399 e. The molecule has 0 aliphatic carbocycles. The van der Waals surface area contributed by atoms with Gasteiger partial charge in [-0.05, 0) is 24.1 Å². The number of rotatable bonds is 4. The van der Waals surface area contributed by atoms with Crippen LogP contribution in [0.4, 0.5) is 5.69 Å². The van der Waals surface area contributed by atoms with E-state index in [1.165, 1.54) is 11.8 Å². The van der Waals surface area contributed by atoms with Crippen LogP contribution in [0.3, 0.4) is 0 Å². The number of anilines is 1. The number of nitrogens with one attached hydrogen (secondary N) is 1. The maximum atomic E-state index is 11.6. The largest absolute Gasteiger partial charge is 0.399 e. The minimum atomic E-state index is -0.292. The third kappa shape index (κ3) is 3.80. The first-order chi connectivity index (χ1) is 7.95. The summed E-state index contributed by atoms with van der Waals surface area (Å²) < 4.78 is 0. The molecule has 0 spiro atoms. The van der Waals surface area contributed by atoms with Gasteiger partial charge < -0.3 is 5.73 Å². The van der Waals surface area contributed by atoms with Crippen molar-refractivity contribution in [3.05, 3.63) is 23.2 Å². The van der Waals surface area contributed by atoms with E-state index < -0.39 is 0 Å². The topological polar surface area (TPSA) is 81.1 Å². The molecule has 1 rings (SSSR count). The lowest BCUT2D eigenvalue weighted by atomic mass is 10.1. The fourth-order valence-electron chi connectivity index (χ4n) is 1.32. The van der Waals surface area contributed by atoms with E-state index in [-0.39, 0.29) is 17.1 Å². The predicted octanol–water partition coefficient (Wildman–Crippen LogP) is 2.03.